The number of ether oxygens (including phenoxy) is 2. The summed E-state index contributed by atoms with van der Waals surface area (Å²) < 4.78 is 42.2. The average Bonchev–Trinajstić information content (AvgIpc) is 2.88. The Hall–Kier alpha value is -2.95. The van der Waals surface area contributed by atoms with Gasteiger partial charge in [0.2, 0.25) is 5.88 Å². The Morgan fingerprint density at radius 3 is 2.14 bits per heavy atom. The van der Waals surface area contributed by atoms with Gasteiger partial charge in [0.05, 0.1) is 13.2 Å². The van der Waals surface area contributed by atoms with E-state index in [2.05, 4.69) is 18.8 Å². The molecule has 0 unspecified atom stereocenters. The first-order chi connectivity index (χ1) is 17.5. The van der Waals surface area contributed by atoms with Gasteiger partial charge in [-0.2, -0.15) is 0 Å². The summed E-state index contributed by atoms with van der Waals surface area (Å²) in [5.74, 6) is -1.72. The van der Waals surface area contributed by atoms with Gasteiger partial charge in [-0.3, -0.25) is 0 Å². The smallest absolute Gasteiger partial charge is 0.277 e. The van der Waals surface area contributed by atoms with Crippen molar-refractivity contribution in [3.8, 4) is 33.9 Å². The fourth-order valence-electron chi connectivity index (χ4n) is 4.73. The van der Waals surface area contributed by atoms with E-state index >= 15 is 8.78 Å². The van der Waals surface area contributed by atoms with Crippen LogP contribution >= 0.6 is 0 Å². The zero-order chi connectivity index (χ0) is 25.4. The molecule has 1 heterocycles. The van der Waals surface area contributed by atoms with Crippen LogP contribution in [-0.4, -0.2) is 18.2 Å². The van der Waals surface area contributed by atoms with Crippen LogP contribution < -0.4 is 9.47 Å². The lowest BCUT2D eigenvalue weighted by Gasteiger charge is -2.28. The molecule has 0 aliphatic heterocycles. The minimum atomic E-state index is -2.95. The van der Waals surface area contributed by atoms with Crippen molar-refractivity contribution in [1.29, 1.82) is 0 Å². The van der Waals surface area contributed by atoms with Crippen LogP contribution in [0.15, 0.2) is 54.7 Å². The van der Waals surface area contributed by atoms with Crippen molar-refractivity contribution >= 4 is 0 Å². The number of fused-ring (bicyclic) bond motifs is 3. The maximum absolute atomic E-state index is 15.3. The van der Waals surface area contributed by atoms with Crippen LogP contribution in [0.1, 0.15) is 76.3 Å². The molecule has 0 spiro atoms. The summed E-state index contributed by atoms with van der Waals surface area (Å²) in [6, 6.07) is 14.6. The monoisotopic (exact) mass is 493 g/mol. The van der Waals surface area contributed by atoms with Crippen molar-refractivity contribution < 1.29 is 18.3 Å². The van der Waals surface area contributed by atoms with Crippen LogP contribution in [0.4, 0.5) is 8.78 Å². The largest absolute Gasteiger partial charge is 0.494 e. The highest BCUT2D eigenvalue weighted by Crippen LogP contribution is 2.47. The molecule has 0 fully saturated rings. The maximum Gasteiger partial charge on any atom is 0.277 e. The van der Waals surface area contributed by atoms with Crippen molar-refractivity contribution in [2.75, 3.05) is 13.2 Å². The number of benzene rings is 2. The van der Waals surface area contributed by atoms with Gasteiger partial charge < -0.3 is 9.47 Å². The summed E-state index contributed by atoms with van der Waals surface area (Å²) in [5, 5.41) is 0. The minimum Gasteiger partial charge on any atom is -0.494 e. The zero-order valence-corrected chi connectivity index (χ0v) is 21.5. The Balaban J connectivity index is 1.47. The van der Waals surface area contributed by atoms with Gasteiger partial charge >= 0.3 is 0 Å². The fraction of sp³-hybridized carbons (Fsp3) is 0.452. The predicted molar refractivity (Wildman–Crippen MR) is 142 cm³/mol. The van der Waals surface area contributed by atoms with Gasteiger partial charge in [0, 0.05) is 29.8 Å². The molecule has 5 heteroatoms. The summed E-state index contributed by atoms with van der Waals surface area (Å²) in [6.07, 6.45) is 10.4. The van der Waals surface area contributed by atoms with Crippen LogP contribution in [0.5, 0.6) is 11.6 Å². The molecule has 0 saturated carbocycles. The number of unbranched alkanes of at least 4 members (excludes halogenated alkanes) is 6. The van der Waals surface area contributed by atoms with Crippen molar-refractivity contribution in [3.63, 3.8) is 0 Å². The van der Waals surface area contributed by atoms with Crippen LogP contribution in [0, 0.1) is 0 Å². The number of hydrogen-bond acceptors (Lipinski definition) is 3. The van der Waals surface area contributed by atoms with E-state index in [-0.39, 0.29) is 12.0 Å². The minimum absolute atomic E-state index is 0.0667. The number of pyridine rings is 1. The molecule has 1 aliphatic rings. The van der Waals surface area contributed by atoms with Crippen LogP contribution in [-0.2, 0) is 12.3 Å². The lowest BCUT2D eigenvalue weighted by molar-refractivity contribution is -0.00480. The molecule has 0 saturated heterocycles. The van der Waals surface area contributed by atoms with E-state index < -0.39 is 5.92 Å². The van der Waals surface area contributed by atoms with Gasteiger partial charge in [-0.05, 0) is 59.4 Å². The first kappa shape index (κ1) is 26.1. The van der Waals surface area contributed by atoms with Crippen molar-refractivity contribution in [2.45, 2.75) is 77.6 Å². The second-order valence-corrected chi connectivity index (χ2v) is 9.66. The van der Waals surface area contributed by atoms with Gasteiger partial charge in [0.25, 0.3) is 5.92 Å². The number of hydrogen-bond donors (Lipinski definition) is 0. The summed E-state index contributed by atoms with van der Waals surface area (Å²) >= 11 is 0. The van der Waals surface area contributed by atoms with E-state index in [1.165, 1.54) is 25.7 Å². The molecule has 2 aromatic carbocycles. The second kappa shape index (κ2) is 12.3. The van der Waals surface area contributed by atoms with Gasteiger partial charge in [-0.15, -0.1) is 0 Å². The number of rotatable bonds is 13. The molecule has 0 N–H and O–H groups in total. The molecule has 192 valence electrons. The Labute approximate surface area is 213 Å². The van der Waals surface area contributed by atoms with Gasteiger partial charge in [0.15, 0.2) is 0 Å². The zero-order valence-electron chi connectivity index (χ0n) is 21.5. The molecule has 4 rings (SSSR count). The molecular formula is C31H37F2NO2. The highest BCUT2D eigenvalue weighted by Gasteiger charge is 2.39. The molecule has 0 radical (unpaired) electrons. The van der Waals surface area contributed by atoms with Gasteiger partial charge in [0.1, 0.15) is 5.75 Å². The number of aromatic nitrogens is 1. The van der Waals surface area contributed by atoms with Crippen LogP contribution in [0.25, 0.3) is 22.3 Å². The highest BCUT2D eigenvalue weighted by atomic mass is 19.3. The van der Waals surface area contributed by atoms with E-state index in [0.29, 0.717) is 36.0 Å². The summed E-state index contributed by atoms with van der Waals surface area (Å²) in [5.41, 5.74) is 3.66. The molecule has 36 heavy (non-hydrogen) atoms. The Morgan fingerprint density at radius 2 is 1.44 bits per heavy atom. The lowest BCUT2D eigenvalue weighted by Crippen LogP contribution is -2.23. The molecular weight excluding hydrogens is 456 g/mol. The SMILES string of the molecule is CCCCCCOc1ccc2c(c1)CC(F)(F)c1cc(-c3ccc(OCCCCCC)nc3)ccc1-2. The van der Waals surface area contributed by atoms with Crippen molar-refractivity contribution in [3.05, 3.63) is 65.9 Å². The van der Waals surface area contributed by atoms with Gasteiger partial charge in [-0.1, -0.05) is 70.6 Å². The Bertz CT molecular complexity index is 1130. The average molecular weight is 494 g/mol. The van der Waals surface area contributed by atoms with E-state index in [1.54, 1.807) is 24.4 Å². The van der Waals surface area contributed by atoms with Crippen LogP contribution in [0.3, 0.4) is 0 Å². The van der Waals surface area contributed by atoms with Crippen molar-refractivity contribution in [2.24, 2.45) is 0 Å². The number of nitrogens with zero attached hydrogens (tertiary/aromatic N) is 1. The number of halogens is 2. The maximum atomic E-state index is 15.3. The molecule has 0 atom stereocenters. The molecule has 3 aromatic rings. The molecule has 1 aliphatic carbocycles. The normalized spacial score (nSPS) is 13.7. The van der Waals surface area contributed by atoms with Crippen molar-refractivity contribution in [1.82, 2.24) is 4.98 Å². The van der Waals surface area contributed by atoms with E-state index in [0.717, 1.165) is 42.4 Å². The molecule has 0 bridgehead atoms. The third-order valence-electron chi connectivity index (χ3n) is 6.78. The van der Waals surface area contributed by atoms with E-state index in [1.807, 2.05) is 30.3 Å². The molecule has 3 nitrogen and oxygen atoms in total. The molecule has 1 aromatic heterocycles. The lowest BCUT2D eigenvalue weighted by atomic mass is 9.82. The quantitative estimate of drug-likeness (QED) is 0.223. The standard InChI is InChI=1S/C31H37F2NO2/c1-3-5-7-9-17-35-26-13-15-27-25(19-26)21-31(32,33)29-20-23(11-14-28(27)29)24-12-16-30(34-22-24)36-18-10-8-6-4-2/h11-16,19-20,22H,3-10,17-18,21H2,1-2H3. The molecule has 0 amide bonds. The van der Waals surface area contributed by atoms with Crippen LogP contribution in [0.2, 0.25) is 0 Å². The highest BCUT2D eigenvalue weighted by molar-refractivity contribution is 5.78. The Morgan fingerprint density at radius 1 is 0.750 bits per heavy atom. The summed E-state index contributed by atoms with van der Waals surface area (Å²) in [6.45, 7) is 5.61. The predicted octanol–water partition coefficient (Wildman–Crippen LogP) is 8.98. The summed E-state index contributed by atoms with van der Waals surface area (Å²) in [7, 11) is 0. The third kappa shape index (κ3) is 6.43. The fourth-order valence-corrected chi connectivity index (χ4v) is 4.73. The van der Waals surface area contributed by atoms with E-state index in [4.69, 9.17) is 9.47 Å². The third-order valence-corrected chi connectivity index (χ3v) is 6.78. The van der Waals surface area contributed by atoms with Gasteiger partial charge in [-0.25, -0.2) is 13.8 Å². The number of alkyl halides is 2. The first-order valence-corrected chi connectivity index (χ1v) is 13.4. The summed E-state index contributed by atoms with van der Waals surface area (Å²) in [4.78, 5) is 4.38. The Kier molecular flexibility index (Phi) is 8.95. The first-order valence-electron chi connectivity index (χ1n) is 13.4. The second-order valence-electron chi connectivity index (χ2n) is 9.66. The topological polar surface area (TPSA) is 31.4 Å². The van der Waals surface area contributed by atoms with E-state index in [9.17, 15) is 0 Å².